The van der Waals surface area contributed by atoms with Gasteiger partial charge in [0.25, 0.3) is 0 Å². The molecule has 0 saturated carbocycles. The third kappa shape index (κ3) is 2.97. The summed E-state index contributed by atoms with van der Waals surface area (Å²) in [4.78, 5) is 8.69. The largest absolute Gasteiger partial charge is 0.494 e. The van der Waals surface area contributed by atoms with E-state index < -0.39 is 0 Å². The van der Waals surface area contributed by atoms with E-state index in [0.29, 0.717) is 6.61 Å². The van der Waals surface area contributed by atoms with Crippen LogP contribution in [0.15, 0.2) is 36.7 Å². The molecule has 1 N–H and O–H groups in total. The number of rotatable bonds is 5. The summed E-state index contributed by atoms with van der Waals surface area (Å²) in [7, 11) is 0. The molecule has 94 valence electrons. The van der Waals surface area contributed by atoms with E-state index in [1.54, 1.807) is 12.4 Å². The molecule has 0 atom stereocenters. The van der Waals surface area contributed by atoms with Crippen LogP contribution in [0.5, 0.6) is 5.75 Å². The van der Waals surface area contributed by atoms with Gasteiger partial charge in [0.05, 0.1) is 24.7 Å². The zero-order chi connectivity index (χ0) is 12.8. The predicted molar refractivity (Wildman–Crippen MR) is 72.8 cm³/mol. The van der Waals surface area contributed by atoms with E-state index in [9.17, 15) is 0 Å². The molecule has 1 aromatic heterocycles. The van der Waals surface area contributed by atoms with Crippen LogP contribution in [0.3, 0.4) is 0 Å². The number of aromatic nitrogens is 2. The summed E-state index contributed by atoms with van der Waals surface area (Å²) < 4.78 is 5.48. The van der Waals surface area contributed by atoms with Gasteiger partial charge in [0, 0.05) is 12.1 Å². The minimum Gasteiger partial charge on any atom is -0.494 e. The van der Waals surface area contributed by atoms with Crippen molar-refractivity contribution >= 4 is 5.82 Å². The Bertz CT molecular complexity index is 466. The number of benzene rings is 1. The third-order valence-electron chi connectivity index (χ3n) is 2.43. The van der Waals surface area contributed by atoms with Crippen molar-refractivity contribution in [3.63, 3.8) is 0 Å². The summed E-state index contributed by atoms with van der Waals surface area (Å²) >= 11 is 0. The number of hydrogen-bond donors (Lipinski definition) is 1. The Hall–Kier alpha value is -2.10. The maximum absolute atomic E-state index is 5.48. The molecule has 4 heteroatoms. The van der Waals surface area contributed by atoms with Gasteiger partial charge >= 0.3 is 0 Å². The van der Waals surface area contributed by atoms with E-state index >= 15 is 0 Å². The number of nitrogens with one attached hydrogen (secondary N) is 1. The molecule has 0 aliphatic heterocycles. The molecule has 0 radical (unpaired) electrons. The predicted octanol–water partition coefficient (Wildman–Crippen LogP) is 2.97. The van der Waals surface area contributed by atoms with Crippen LogP contribution < -0.4 is 10.1 Å². The van der Waals surface area contributed by atoms with Crippen molar-refractivity contribution in [2.45, 2.75) is 13.8 Å². The summed E-state index contributed by atoms with van der Waals surface area (Å²) in [6.07, 6.45) is 3.48. The summed E-state index contributed by atoms with van der Waals surface area (Å²) in [5.74, 6) is 1.64. The second kappa shape index (κ2) is 6.00. The van der Waals surface area contributed by atoms with Crippen molar-refractivity contribution in [1.29, 1.82) is 0 Å². The molecule has 0 aliphatic rings. The van der Waals surface area contributed by atoms with Crippen molar-refractivity contribution < 1.29 is 4.74 Å². The van der Waals surface area contributed by atoms with Gasteiger partial charge in [-0.15, -0.1) is 0 Å². The fraction of sp³-hybridized carbons (Fsp3) is 0.286. The molecule has 0 saturated heterocycles. The van der Waals surface area contributed by atoms with Gasteiger partial charge in [-0.05, 0) is 26.0 Å². The normalized spacial score (nSPS) is 10.1. The Morgan fingerprint density at radius 2 is 2.11 bits per heavy atom. The monoisotopic (exact) mass is 243 g/mol. The van der Waals surface area contributed by atoms with Crippen molar-refractivity contribution in [2.75, 3.05) is 18.5 Å². The minimum absolute atomic E-state index is 0.659. The van der Waals surface area contributed by atoms with E-state index in [-0.39, 0.29) is 0 Å². The first-order chi connectivity index (χ1) is 8.83. The molecular weight excluding hydrogens is 226 g/mol. The summed E-state index contributed by atoms with van der Waals surface area (Å²) in [6, 6.07) is 7.88. The summed E-state index contributed by atoms with van der Waals surface area (Å²) in [5.41, 5.74) is 1.85. The van der Waals surface area contributed by atoms with Gasteiger partial charge in [-0.1, -0.05) is 12.1 Å². The smallest absolute Gasteiger partial charge is 0.145 e. The standard InChI is InChI=1S/C14H17N3O/c1-3-16-14-10-15-9-13(17-14)11-6-5-7-12(8-11)18-4-2/h5-10H,3-4H2,1-2H3,(H,16,17). The first-order valence-electron chi connectivity index (χ1n) is 6.12. The molecule has 0 bridgehead atoms. The van der Waals surface area contributed by atoms with E-state index in [1.807, 2.05) is 38.1 Å². The Kier molecular flexibility index (Phi) is 4.12. The van der Waals surface area contributed by atoms with Crippen LogP contribution in [-0.2, 0) is 0 Å². The second-order valence-corrected chi connectivity index (χ2v) is 3.78. The minimum atomic E-state index is 0.659. The number of hydrogen-bond acceptors (Lipinski definition) is 4. The number of anilines is 1. The van der Waals surface area contributed by atoms with Gasteiger partial charge in [-0.2, -0.15) is 0 Å². The lowest BCUT2D eigenvalue weighted by Gasteiger charge is -2.07. The lowest BCUT2D eigenvalue weighted by atomic mass is 10.1. The molecule has 0 spiro atoms. The van der Waals surface area contributed by atoms with E-state index in [0.717, 1.165) is 29.4 Å². The SMILES string of the molecule is CCNc1cncc(-c2cccc(OCC)c2)n1. The Labute approximate surface area is 107 Å². The first kappa shape index (κ1) is 12.4. The van der Waals surface area contributed by atoms with Gasteiger partial charge in [-0.25, -0.2) is 4.98 Å². The zero-order valence-corrected chi connectivity index (χ0v) is 10.7. The molecule has 2 rings (SSSR count). The molecule has 18 heavy (non-hydrogen) atoms. The second-order valence-electron chi connectivity index (χ2n) is 3.78. The highest BCUT2D eigenvalue weighted by atomic mass is 16.5. The van der Waals surface area contributed by atoms with Gasteiger partial charge < -0.3 is 10.1 Å². The highest BCUT2D eigenvalue weighted by Crippen LogP contribution is 2.22. The number of ether oxygens (including phenoxy) is 1. The van der Waals surface area contributed by atoms with Crippen LogP contribution in [0, 0.1) is 0 Å². The fourth-order valence-corrected chi connectivity index (χ4v) is 1.68. The van der Waals surface area contributed by atoms with Gasteiger partial charge in [0.2, 0.25) is 0 Å². The molecule has 1 heterocycles. The van der Waals surface area contributed by atoms with Gasteiger partial charge in [0.1, 0.15) is 11.6 Å². The highest BCUT2D eigenvalue weighted by molar-refractivity contribution is 5.61. The van der Waals surface area contributed by atoms with Gasteiger partial charge in [0.15, 0.2) is 0 Å². The molecule has 0 amide bonds. The van der Waals surface area contributed by atoms with Crippen molar-refractivity contribution in [2.24, 2.45) is 0 Å². The maximum Gasteiger partial charge on any atom is 0.145 e. The van der Waals surface area contributed by atoms with Crippen molar-refractivity contribution in [3.8, 4) is 17.0 Å². The van der Waals surface area contributed by atoms with Crippen molar-refractivity contribution in [3.05, 3.63) is 36.7 Å². The third-order valence-corrected chi connectivity index (χ3v) is 2.43. The van der Waals surface area contributed by atoms with Crippen LogP contribution in [-0.4, -0.2) is 23.1 Å². The first-order valence-corrected chi connectivity index (χ1v) is 6.12. The van der Waals surface area contributed by atoms with Crippen LogP contribution in [0.2, 0.25) is 0 Å². The quantitative estimate of drug-likeness (QED) is 0.877. The topological polar surface area (TPSA) is 47.0 Å². The van der Waals surface area contributed by atoms with E-state index in [4.69, 9.17) is 4.74 Å². The zero-order valence-electron chi connectivity index (χ0n) is 10.7. The Morgan fingerprint density at radius 3 is 2.89 bits per heavy atom. The maximum atomic E-state index is 5.48. The molecule has 4 nitrogen and oxygen atoms in total. The van der Waals surface area contributed by atoms with Crippen molar-refractivity contribution in [1.82, 2.24) is 9.97 Å². The summed E-state index contributed by atoms with van der Waals surface area (Å²) in [6.45, 7) is 5.49. The van der Waals surface area contributed by atoms with Crippen LogP contribution in [0.1, 0.15) is 13.8 Å². The lowest BCUT2D eigenvalue weighted by molar-refractivity contribution is 0.340. The molecule has 2 aromatic rings. The summed E-state index contributed by atoms with van der Waals surface area (Å²) in [5, 5.41) is 3.15. The molecule has 1 aromatic carbocycles. The van der Waals surface area contributed by atoms with Crippen LogP contribution in [0.4, 0.5) is 5.82 Å². The van der Waals surface area contributed by atoms with Crippen LogP contribution >= 0.6 is 0 Å². The highest BCUT2D eigenvalue weighted by Gasteiger charge is 2.03. The van der Waals surface area contributed by atoms with E-state index in [2.05, 4.69) is 15.3 Å². The molecular formula is C14H17N3O. The molecule has 0 aliphatic carbocycles. The molecule has 0 fully saturated rings. The fourth-order valence-electron chi connectivity index (χ4n) is 1.68. The average molecular weight is 243 g/mol. The van der Waals surface area contributed by atoms with Crippen LogP contribution in [0.25, 0.3) is 11.3 Å². The Balaban J connectivity index is 2.29. The molecule has 0 unspecified atom stereocenters. The number of nitrogens with zero attached hydrogens (tertiary/aromatic N) is 2. The van der Waals surface area contributed by atoms with Gasteiger partial charge in [-0.3, -0.25) is 4.98 Å². The lowest BCUT2D eigenvalue weighted by Crippen LogP contribution is -2.00. The average Bonchev–Trinajstić information content (AvgIpc) is 2.40. The van der Waals surface area contributed by atoms with E-state index in [1.165, 1.54) is 0 Å². The Morgan fingerprint density at radius 1 is 1.22 bits per heavy atom.